The number of hydrogen-bond acceptors (Lipinski definition) is 1. The SMILES string of the molecule is C=C/C=C(\C=C/C)CN(CC)CC. The van der Waals surface area contributed by atoms with Gasteiger partial charge in [0.2, 0.25) is 0 Å². The monoisotopic (exact) mass is 179 g/mol. The van der Waals surface area contributed by atoms with Crippen LogP contribution in [0.1, 0.15) is 20.8 Å². The minimum atomic E-state index is 1.02. The van der Waals surface area contributed by atoms with Crippen molar-refractivity contribution in [3.05, 3.63) is 36.5 Å². The molecule has 0 fully saturated rings. The average molecular weight is 179 g/mol. The fourth-order valence-corrected chi connectivity index (χ4v) is 1.23. The second-order valence-corrected chi connectivity index (χ2v) is 2.94. The van der Waals surface area contributed by atoms with E-state index < -0.39 is 0 Å². The van der Waals surface area contributed by atoms with Gasteiger partial charge in [0.25, 0.3) is 0 Å². The molecule has 0 unspecified atom stereocenters. The third-order valence-electron chi connectivity index (χ3n) is 2.01. The van der Waals surface area contributed by atoms with Crippen LogP contribution in [0.15, 0.2) is 36.5 Å². The molecule has 0 heterocycles. The summed E-state index contributed by atoms with van der Waals surface area (Å²) in [5.74, 6) is 0. The molecule has 0 amide bonds. The van der Waals surface area contributed by atoms with E-state index in [1.807, 2.05) is 13.0 Å². The molecule has 13 heavy (non-hydrogen) atoms. The third kappa shape index (κ3) is 5.42. The Morgan fingerprint density at radius 1 is 1.31 bits per heavy atom. The zero-order chi connectivity index (χ0) is 10.1. The van der Waals surface area contributed by atoms with E-state index in [9.17, 15) is 0 Å². The summed E-state index contributed by atoms with van der Waals surface area (Å²) in [5.41, 5.74) is 1.32. The van der Waals surface area contributed by atoms with Gasteiger partial charge in [0.15, 0.2) is 0 Å². The number of nitrogens with zero attached hydrogens (tertiary/aromatic N) is 1. The molecule has 1 nitrogen and oxygen atoms in total. The Morgan fingerprint density at radius 3 is 2.31 bits per heavy atom. The fourth-order valence-electron chi connectivity index (χ4n) is 1.23. The zero-order valence-corrected chi connectivity index (χ0v) is 9.09. The van der Waals surface area contributed by atoms with Crippen LogP contribution in [0.3, 0.4) is 0 Å². The predicted octanol–water partition coefficient (Wildman–Crippen LogP) is 3.02. The van der Waals surface area contributed by atoms with Crippen molar-refractivity contribution in [2.24, 2.45) is 0 Å². The van der Waals surface area contributed by atoms with E-state index in [0.29, 0.717) is 0 Å². The minimum Gasteiger partial charge on any atom is -0.300 e. The molecule has 0 atom stereocenters. The molecule has 0 aromatic rings. The standard InChI is InChI=1S/C12H21N/c1-5-9-12(10-6-2)11-13(7-3)8-4/h5-6,9-10H,1,7-8,11H2,2-4H3/b10-6-,12-9+. The molecule has 0 rings (SSSR count). The first-order chi connectivity index (χ1) is 6.28. The zero-order valence-electron chi connectivity index (χ0n) is 9.09. The van der Waals surface area contributed by atoms with Crippen molar-refractivity contribution in [2.45, 2.75) is 20.8 Å². The maximum absolute atomic E-state index is 3.71. The Labute approximate surface area is 82.4 Å². The van der Waals surface area contributed by atoms with Gasteiger partial charge < -0.3 is 0 Å². The maximum atomic E-state index is 3.71. The fraction of sp³-hybridized carbons (Fsp3) is 0.500. The number of hydrogen-bond donors (Lipinski definition) is 0. The van der Waals surface area contributed by atoms with Crippen LogP contribution in [0.5, 0.6) is 0 Å². The Hall–Kier alpha value is -0.820. The molecule has 0 saturated heterocycles. The smallest absolute Gasteiger partial charge is 0.0233 e. The lowest BCUT2D eigenvalue weighted by Gasteiger charge is -2.18. The lowest BCUT2D eigenvalue weighted by molar-refractivity contribution is 0.332. The van der Waals surface area contributed by atoms with Crippen LogP contribution in [0.25, 0.3) is 0 Å². The normalized spacial score (nSPS) is 12.8. The molecule has 1 heteroatoms. The molecule has 0 aliphatic heterocycles. The number of allylic oxidation sites excluding steroid dienone is 3. The summed E-state index contributed by atoms with van der Waals surface area (Å²) in [6, 6.07) is 0. The van der Waals surface area contributed by atoms with Crippen LogP contribution >= 0.6 is 0 Å². The van der Waals surface area contributed by atoms with Crippen LogP contribution in [0.4, 0.5) is 0 Å². The van der Waals surface area contributed by atoms with Gasteiger partial charge in [-0.2, -0.15) is 0 Å². The van der Waals surface area contributed by atoms with Crippen LogP contribution < -0.4 is 0 Å². The van der Waals surface area contributed by atoms with Crippen molar-refractivity contribution in [1.82, 2.24) is 4.90 Å². The molecule has 0 aliphatic carbocycles. The molecule has 0 aromatic carbocycles. The van der Waals surface area contributed by atoms with E-state index in [2.05, 4.69) is 43.6 Å². The summed E-state index contributed by atoms with van der Waals surface area (Å²) >= 11 is 0. The number of rotatable bonds is 6. The van der Waals surface area contributed by atoms with Gasteiger partial charge in [0.1, 0.15) is 0 Å². The van der Waals surface area contributed by atoms with E-state index in [1.165, 1.54) is 5.57 Å². The van der Waals surface area contributed by atoms with Crippen molar-refractivity contribution in [2.75, 3.05) is 19.6 Å². The summed E-state index contributed by atoms with van der Waals surface area (Å²) in [4.78, 5) is 2.38. The second-order valence-electron chi connectivity index (χ2n) is 2.94. The van der Waals surface area contributed by atoms with E-state index >= 15 is 0 Å². The topological polar surface area (TPSA) is 3.24 Å². The largest absolute Gasteiger partial charge is 0.300 e. The Balaban J connectivity index is 4.23. The van der Waals surface area contributed by atoms with E-state index in [4.69, 9.17) is 0 Å². The van der Waals surface area contributed by atoms with Gasteiger partial charge in [0.05, 0.1) is 0 Å². The van der Waals surface area contributed by atoms with E-state index in [-0.39, 0.29) is 0 Å². The Morgan fingerprint density at radius 2 is 1.92 bits per heavy atom. The van der Waals surface area contributed by atoms with Crippen molar-refractivity contribution in [1.29, 1.82) is 0 Å². The molecule has 0 spiro atoms. The van der Waals surface area contributed by atoms with Gasteiger partial charge in [-0.25, -0.2) is 0 Å². The van der Waals surface area contributed by atoms with E-state index in [0.717, 1.165) is 19.6 Å². The molecule has 0 aromatic heterocycles. The minimum absolute atomic E-state index is 1.02. The van der Waals surface area contributed by atoms with Gasteiger partial charge in [0, 0.05) is 6.54 Å². The Kier molecular flexibility index (Phi) is 7.32. The van der Waals surface area contributed by atoms with Gasteiger partial charge >= 0.3 is 0 Å². The number of likely N-dealkylation sites (N-methyl/N-ethyl adjacent to an activating group) is 1. The molecular formula is C12H21N. The molecular weight excluding hydrogens is 158 g/mol. The second kappa shape index (κ2) is 7.81. The molecule has 74 valence electrons. The third-order valence-corrected chi connectivity index (χ3v) is 2.01. The van der Waals surface area contributed by atoms with Crippen LogP contribution in [-0.4, -0.2) is 24.5 Å². The van der Waals surface area contributed by atoms with Crippen molar-refractivity contribution >= 4 is 0 Å². The first kappa shape index (κ1) is 12.2. The van der Waals surface area contributed by atoms with E-state index in [1.54, 1.807) is 0 Å². The maximum Gasteiger partial charge on any atom is 0.0233 e. The molecule has 0 saturated carbocycles. The molecule has 0 bridgehead atoms. The quantitative estimate of drug-likeness (QED) is 0.566. The summed E-state index contributed by atoms with van der Waals surface area (Å²) in [6.07, 6.45) is 8.12. The highest BCUT2D eigenvalue weighted by Gasteiger charge is 1.99. The van der Waals surface area contributed by atoms with Crippen molar-refractivity contribution < 1.29 is 0 Å². The summed E-state index contributed by atoms with van der Waals surface area (Å²) in [5, 5.41) is 0. The predicted molar refractivity (Wildman–Crippen MR) is 60.9 cm³/mol. The Bertz CT molecular complexity index is 185. The van der Waals surface area contributed by atoms with Gasteiger partial charge in [-0.15, -0.1) is 0 Å². The highest BCUT2D eigenvalue weighted by atomic mass is 15.1. The summed E-state index contributed by atoms with van der Waals surface area (Å²) in [7, 11) is 0. The lowest BCUT2D eigenvalue weighted by Crippen LogP contribution is -2.24. The summed E-state index contributed by atoms with van der Waals surface area (Å²) < 4.78 is 0. The van der Waals surface area contributed by atoms with Crippen molar-refractivity contribution in [3.63, 3.8) is 0 Å². The van der Waals surface area contributed by atoms with Crippen LogP contribution in [0.2, 0.25) is 0 Å². The lowest BCUT2D eigenvalue weighted by atomic mass is 10.2. The molecule has 0 radical (unpaired) electrons. The van der Waals surface area contributed by atoms with Crippen molar-refractivity contribution in [3.8, 4) is 0 Å². The molecule has 0 aliphatic rings. The highest BCUT2D eigenvalue weighted by Crippen LogP contribution is 2.01. The highest BCUT2D eigenvalue weighted by molar-refractivity contribution is 5.24. The van der Waals surface area contributed by atoms with Crippen LogP contribution in [-0.2, 0) is 0 Å². The van der Waals surface area contributed by atoms with Gasteiger partial charge in [-0.1, -0.05) is 44.7 Å². The first-order valence-electron chi connectivity index (χ1n) is 4.95. The van der Waals surface area contributed by atoms with Gasteiger partial charge in [-0.05, 0) is 25.6 Å². The summed E-state index contributed by atoms with van der Waals surface area (Å²) in [6.45, 7) is 13.3. The van der Waals surface area contributed by atoms with Crippen LogP contribution in [0, 0.1) is 0 Å². The average Bonchev–Trinajstić information content (AvgIpc) is 2.14. The molecule has 0 N–H and O–H groups in total. The van der Waals surface area contributed by atoms with Gasteiger partial charge in [-0.3, -0.25) is 4.90 Å². The first-order valence-corrected chi connectivity index (χ1v) is 4.95.